The van der Waals surface area contributed by atoms with Gasteiger partial charge >= 0.3 is 0 Å². The van der Waals surface area contributed by atoms with Crippen LogP contribution in [-0.2, 0) is 6.42 Å². The van der Waals surface area contributed by atoms with Crippen molar-refractivity contribution >= 4 is 0 Å². The first kappa shape index (κ1) is 15.2. The molecule has 0 aromatic heterocycles. The van der Waals surface area contributed by atoms with Crippen molar-refractivity contribution in [1.29, 1.82) is 0 Å². The second-order valence-corrected chi connectivity index (χ2v) is 6.70. The molecule has 1 nitrogen and oxygen atoms in total. The molecular weight excluding hydrogens is 218 g/mol. The Hall–Kier alpha value is -0.820. The van der Waals surface area contributed by atoms with Crippen LogP contribution in [0.15, 0.2) is 18.2 Å². The molecule has 0 amide bonds. The first-order valence-corrected chi connectivity index (χ1v) is 7.09. The van der Waals surface area contributed by atoms with E-state index in [0.29, 0.717) is 0 Å². The van der Waals surface area contributed by atoms with E-state index in [1.807, 2.05) is 0 Å². The minimum Gasteiger partial charge on any atom is -0.312 e. The Morgan fingerprint density at radius 2 is 1.83 bits per heavy atom. The third-order valence-corrected chi connectivity index (χ3v) is 3.37. The molecule has 1 aromatic carbocycles. The quantitative estimate of drug-likeness (QED) is 0.819. The molecule has 1 aromatic rings. The van der Waals surface area contributed by atoms with Gasteiger partial charge in [-0.25, -0.2) is 0 Å². The molecule has 0 aliphatic heterocycles. The number of benzene rings is 1. The van der Waals surface area contributed by atoms with E-state index in [1.165, 1.54) is 29.5 Å². The minimum absolute atomic E-state index is 0.235. The highest BCUT2D eigenvalue weighted by molar-refractivity contribution is 5.30. The lowest BCUT2D eigenvalue weighted by Crippen LogP contribution is -2.37. The third-order valence-electron chi connectivity index (χ3n) is 3.37. The summed E-state index contributed by atoms with van der Waals surface area (Å²) in [7, 11) is 0. The number of hydrogen-bond donors (Lipinski definition) is 1. The van der Waals surface area contributed by atoms with Crippen LogP contribution < -0.4 is 5.32 Å². The molecule has 0 spiro atoms. The van der Waals surface area contributed by atoms with Gasteiger partial charge in [-0.2, -0.15) is 0 Å². The Kier molecular flexibility index (Phi) is 5.40. The fourth-order valence-electron chi connectivity index (χ4n) is 2.19. The summed E-state index contributed by atoms with van der Waals surface area (Å²) >= 11 is 0. The van der Waals surface area contributed by atoms with Crippen LogP contribution in [0.3, 0.4) is 0 Å². The van der Waals surface area contributed by atoms with E-state index in [9.17, 15) is 0 Å². The summed E-state index contributed by atoms with van der Waals surface area (Å²) in [5.41, 5.74) is 4.55. The monoisotopic (exact) mass is 247 g/mol. The van der Waals surface area contributed by atoms with Gasteiger partial charge in [0, 0.05) is 5.54 Å². The molecule has 1 heteroatoms. The molecule has 0 fully saturated rings. The van der Waals surface area contributed by atoms with Crippen LogP contribution in [0.4, 0.5) is 0 Å². The molecule has 1 N–H and O–H groups in total. The van der Waals surface area contributed by atoms with E-state index in [2.05, 4.69) is 65.1 Å². The van der Waals surface area contributed by atoms with Gasteiger partial charge in [-0.1, -0.05) is 30.7 Å². The first-order valence-electron chi connectivity index (χ1n) is 7.09. The van der Waals surface area contributed by atoms with Crippen molar-refractivity contribution in [3.8, 4) is 0 Å². The second kappa shape index (κ2) is 6.38. The zero-order valence-corrected chi connectivity index (χ0v) is 12.9. The standard InChI is InChI=1S/C17H29N/c1-13-7-8-15(3)16(11-13)12-14(2)9-10-18-17(4,5)6/h7-8,11,14,18H,9-10,12H2,1-6H3. The van der Waals surface area contributed by atoms with E-state index >= 15 is 0 Å². The molecule has 0 aliphatic carbocycles. The normalized spacial score (nSPS) is 13.7. The zero-order valence-electron chi connectivity index (χ0n) is 12.9. The maximum absolute atomic E-state index is 3.56. The number of aryl methyl sites for hydroxylation is 2. The Balaban J connectivity index is 2.44. The Morgan fingerprint density at radius 1 is 1.17 bits per heavy atom. The highest BCUT2D eigenvalue weighted by Crippen LogP contribution is 2.17. The molecular formula is C17H29N. The lowest BCUT2D eigenvalue weighted by Gasteiger charge is -2.22. The number of hydrogen-bond acceptors (Lipinski definition) is 1. The minimum atomic E-state index is 0.235. The number of rotatable bonds is 5. The second-order valence-electron chi connectivity index (χ2n) is 6.70. The van der Waals surface area contributed by atoms with Crippen LogP contribution in [-0.4, -0.2) is 12.1 Å². The average molecular weight is 247 g/mol. The van der Waals surface area contributed by atoms with Crippen molar-refractivity contribution in [3.05, 3.63) is 34.9 Å². The predicted molar refractivity (Wildman–Crippen MR) is 81.2 cm³/mol. The van der Waals surface area contributed by atoms with Gasteiger partial charge in [0.25, 0.3) is 0 Å². The molecule has 0 saturated carbocycles. The van der Waals surface area contributed by atoms with Crippen LogP contribution in [0.25, 0.3) is 0 Å². The summed E-state index contributed by atoms with van der Waals surface area (Å²) in [6, 6.07) is 6.78. The van der Waals surface area contributed by atoms with Gasteiger partial charge < -0.3 is 5.32 Å². The van der Waals surface area contributed by atoms with Crippen LogP contribution in [0, 0.1) is 19.8 Å². The molecule has 0 heterocycles. The summed E-state index contributed by atoms with van der Waals surface area (Å²) in [4.78, 5) is 0. The molecule has 1 unspecified atom stereocenters. The van der Waals surface area contributed by atoms with Gasteiger partial charge in [0.15, 0.2) is 0 Å². The summed E-state index contributed by atoms with van der Waals surface area (Å²) in [5.74, 6) is 0.736. The summed E-state index contributed by atoms with van der Waals surface area (Å²) in [5, 5.41) is 3.56. The molecule has 0 aliphatic rings. The van der Waals surface area contributed by atoms with Crippen molar-refractivity contribution in [2.75, 3.05) is 6.54 Å². The lowest BCUT2D eigenvalue weighted by atomic mass is 9.93. The maximum Gasteiger partial charge on any atom is 0.00965 e. The topological polar surface area (TPSA) is 12.0 Å². The van der Waals surface area contributed by atoms with Crippen LogP contribution in [0.2, 0.25) is 0 Å². The van der Waals surface area contributed by atoms with E-state index < -0.39 is 0 Å². The average Bonchev–Trinajstić information content (AvgIpc) is 2.21. The van der Waals surface area contributed by atoms with Crippen molar-refractivity contribution in [2.45, 2.75) is 59.9 Å². The van der Waals surface area contributed by atoms with E-state index in [-0.39, 0.29) is 5.54 Å². The molecule has 102 valence electrons. The fourth-order valence-corrected chi connectivity index (χ4v) is 2.19. The van der Waals surface area contributed by atoms with E-state index in [4.69, 9.17) is 0 Å². The van der Waals surface area contributed by atoms with Crippen molar-refractivity contribution in [1.82, 2.24) is 5.32 Å². The molecule has 18 heavy (non-hydrogen) atoms. The Morgan fingerprint density at radius 3 is 2.44 bits per heavy atom. The largest absolute Gasteiger partial charge is 0.312 e. The highest BCUT2D eigenvalue weighted by Gasteiger charge is 2.10. The summed E-state index contributed by atoms with van der Waals surface area (Å²) < 4.78 is 0. The van der Waals surface area contributed by atoms with Gasteiger partial charge in [0.2, 0.25) is 0 Å². The van der Waals surface area contributed by atoms with Gasteiger partial charge in [-0.15, -0.1) is 0 Å². The SMILES string of the molecule is Cc1ccc(C)c(CC(C)CCNC(C)(C)C)c1. The van der Waals surface area contributed by atoms with Gasteiger partial charge in [-0.3, -0.25) is 0 Å². The van der Waals surface area contributed by atoms with Crippen molar-refractivity contribution < 1.29 is 0 Å². The predicted octanol–water partition coefficient (Wildman–Crippen LogP) is 4.26. The molecule has 1 atom stereocenters. The van der Waals surface area contributed by atoms with Crippen LogP contribution in [0.1, 0.15) is 50.8 Å². The van der Waals surface area contributed by atoms with Gasteiger partial charge in [0.1, 0.15) is 0 Å². The smallest absolute Gasteiger partial charge is 0.00965 e. The molecule has 0 bridgehead atoms. The first-order chi connectivity index (χ1) is 8.28. The molecule has 0 radical (unpaired) electrons. The Bertz CT molecular complexity index is 374. The van der Waals surface area contributed by atoms with Crippen molar-refractivity contribution in [2.24, 2.45) is 5.92 Å². The van der Waals surface area contributed by atoms with Gasteiger partial charge in [-0.05, 0) is 71.0 Å². The lowest BCUT2D eigenvalue weighted by molar-refractivity contribution is 0.394. The van der Waals surface area contributed by atoms with Crippen molar-refractivity contribution in [3.63, 3.8) is 0 Å². The molecule has 0 saturated heterocycles. The van der Waals surface area contributed by atoms with Crippen LogP contribution in [0.5, 0.6) is 0 Å². The molecule has 1 rings (SSSR count). The fraction of sp³-hybridized carbons (Fsp3) is 0.647. The van der Waals surface area contributed by atoms with E-state index in [0.717, 1.165) is 12.5 Å². The summed E-state index contributed by atoms with van der Waals surface area (Å²) in [6.45, 7) is 14.5. The third kappa shape index (κ3) is 5.68. The zero-order chi connectivity index (χ0) is 13.8. The number of nitrogens with one attached hydrogen (secondary N) is 1. The maximum atomic E-state index is 3.56. The Labute approximate surface area is 113 Å². The highest BCUT2D eigenvalue weighted by atomic mass is 14.9. The van der Waals surface area contributed by atoms with Crippen LogP contribution >= 0.6 is 0 Å². The van der Waals surface area contributed by atoms with Gasteiger partial charge in [0.05, 0.1) is 0 Å². The van der Waals surface area contributed by atoms with E-state index in [1.54, 1.807) is 0 Å². The summed E-state index contributed by atoms with van der Waals surface area (Å²) in [6.07, 6.45) is 2.43.